The Morgan fingerprint density at radius 1 is 1.14 bits per heavy atom. The van der Waals surface area contributed by atoms with Crippen LogP contribution in [0.25, 0.3) is 0 Å². The molecule has 1 saturated heterocycles. The molecule has 3 N–H and O–H groups in total. The number of carbonyl (C=O) groups excluding carboxylic acids is 1. The molecule has 6 heteroatoms. The summed E-state index contributed by atoms with van der Waals surface area (Å²) in [5.41, 5.74) is 4.81. The van der Waals surface area contributed by atoms with E-state index in [0.29, 0.717) is 11.4 Å². The van der Waals surface area contributed by atoms with E-state index in [-0.39, 0.29) is 12.1 Å². The molecule has 1 atom stereocenters. The first-order chi connectivity index (χ1) is 14.2. The molecule has 0 spiro atoms. The third-order valence-corrected chi connectivity index (χ3v) is 5.30. The molecule has 2 aromatic rings. The molecule has 1 fully saturated rings. The van der Waals surface area contributed by atoms with Crippen LogP contribution in [0.5, 0.6) is 0 Å². The number of hydrogen-bond acceptors (Lipinski definition) is 5. The monoisotopic (exact) mass is 389 g/mol. The molecule has 2 aromatic carbocycles. The van der Waals surface area contributed by atoms with Crippen molar-refractivity contribution in [2.45, 2.75) is 32.9 Å². The van der Waals surface area contributed by atoms with Crippen molar-refractivity contribution in [3.8, 4) is 0 Å². The molecule has 0 bridgehead atoms. The molecule has 0 aliphatic carbocycles. The lowest BCUT2D eigenvalue weighted by atomic mass is 10.1. The summed E-state index contributed by atoms with van der Waals surface area (Å²) >= 11 is 0. The van der Waals surface area contributed by atoms with Gasteiger partial charge in [0.1, 0.15) is 12.0 Å². The van der Waals surface area contributed by atoms with Crippen LogP contribution >= 0.6 is 0 Å². The van der Waals surface area contributed by atoms with Gasteiger partial charge in [-0.05, 0) is 44.9 Å². The number of fused-ring (bicyclic) bond motifs is 1. The Morgan fingerprint density at radius 2 is 1.93 bits per heavy atom. The Bertz CT molecular complexity index is 959. The number of nitrogens with zero attached hydrogens (tertiary/aromatic N) is 2. The summed E-state index contributed by atoms with van der Waals surface area (Å²) in [5, 5.41) is 9.92. The quantitative estimate of drug-likeness (QED) is 0.532. The molecule has 0 radical (unpaired) electrons. The van der Waals surface area contributed by atoms with Gasteiger partial charge < -0.3 is 20.9 Å². The van der Waals surface area contributed by atoms with Gasteiger partial charge in [0.2, 0.25) is 0 Å². The van der Waals surface area contributed by atoms with Crippen LogP contribution in [0, 0.1) is 0 Å². The Labute approximate surface area is 171 Å². The second-order valence-electron chi connectivity index (χ2n) is 7.35. The predicted molar refractivity (Wildman–Crippen MR) is 120 cm³/mol. The minimum absolute atomic E-state index is 0.0754. The molecule has 150 valence electrons. The highest BCUT2D eigenvalue weighted by molar-refractivity contribution is 6.10. The fraction of sp³-hybridized carbons (Fsp3) is 0.304. The number of aliphatic imine (C=N–C) groups is 1. The summed E-state index contributed by atoms with van der Waals surface area (Å²) < 4.78 is 0. The molecular formula is C23H27N5O. The van der Waals surface area contributed by atoms with Gasteiger partial charge in [0, 0.05) is 30.5 Å². The predicted octanol–water partition coefficient (Wildman–Crippen LogP) is 4.50. The molecule has 2 aliphatic heterocycles. The van der Waals surface area contributed by atoms with Crippen LogP contribution in [0.1, 0.15) is 48.8 Å². The number of amidine groups is 1. The van der Waals surface area contributed by atoms with E-state index in [2.05, 4.69) is 50.1 Å². The smallest absolute Gasteiger partial charge is 0.258 e. The lowest BCUT2D eigenvalue weighted by Gasteiger charge is -2.24. The van der Waals surface area contributed by atoms with Crippen molar-refractivity contribution >= 4 is 28.8 Å². The van der Waals surface area contributed by atoms with Gasteiger partial charge in [-0.1, -0.05) is 30.3 Å². The van der Waals surface area contributed by atoms with E-state index < -0.39 is 0 Å². The van der Waals surface area contributed by atoms with Crippen LogP contribution in [0.2, 0.25) is 0 Å². The summed E-state index contributed by atoms with van der Waals surface area (Å²) in [7, 11) is 0. The van der Waals surface area contributed by atoms with E-state index in [1.165, 1.54) is 24.1 Å². The zero-order valence-electron chi connectivity index (χ0n) is 16.9. The van der Waals surface area contributed by atoms with E-state index in [1.54, 1.807) is 13.1 Å². The van der Waals surface area contributed by atoms with Crippen molar-refractivity contribution in [1.29, 1.82) is 0 Å². The second kappa shape index (κ2) is 8.39. The molecular weight excluding hydrogens is 362 g/mol. The maximum absolute atomic E-state index is 12.8. The molecule has 29 heavy (non-hydrogen) atoms. The maximum Gasteiger partial charge on any atom is 0.258 e. The van der Waals surface area contributed by atoms with E-state index in [1.807, 2.05) is 31.2 Å². The normalized spacial score (nSPS) is 18.5. The first-order valence-corrected chi connectivity index (χ1v) is 10.1. The molecule has 0 aromatic heterocycles. The topological polar surface area (TPSA) is 68.8 Å². The van der Waals surface area contributed by atoms with E-state index in [9.17, 15) is 4.79 Å². The van der Waals surface area contributed by atoms with E-state index in [4.69, 9.17) is 0 Å². The van der Waals surface area contributed by atoms with Gasteiger partial charge in [0.05, 0.1) is 16.9 Å². The summed E-state index contributed by atoms with van der Waals surface area (Å²) in [6, 6.07) is 14.2. The highest BCUT2D eigenvalue weighted by Gasteiger charge is 2.28. The van der Waals surface area contributed by atoms with Crippen molar-refractivity contribution < 1.29 is 4.79 Å². The highest BCUT2D eigenvalue weighted by Crippen LogP contribution is 2.40. The van der Waals surface area contributed by atoms with Gasteiger partial charge in [-0.25, -0.2) is 4.99 Å². The van der Waals surface area contributed by atoms with Gasteiger partial charge in [0.15, 0.2) is 0 Å². The SMILES string of the molecule is C/C=C\N=C(C)NC(=O)c1cccc2c1NC(c1ccccc1N1CCCC1)N2. The third-order valence-electron chi connectivity index (χ3n) is 5.30. The number of amides is 1. The number of benzene rings is 2. The molecule has 2 aliphatic rings. The molecule has 0 saturated carbocycles. The van der Waals surface area contributed by atoms with Gasteiger partial charge in [-0.2, -0.15) is 0 Å². The van der Waals surface area contributed by atoms with Crippen molar-refractivity contribution in [2.75, 3.05) is 28.6 Å². The summed E-state index contributed by atoms with van der Waals surface area (Å²) in [6.45, 7) is 5.85. The first kappa shape index (κ1) is 19.1. The number of nitrogens with one attached hydrogen (secondary N) is 3. The number of hydrogen-bond donors (Lipinski definition) is 3. The molecule has 2 heterocycles. The van der Waals surface area contributed by atoms with Crippen molar-refractivity contribution in [3.05, 3.63) is 65.9 Å². The minimum atomic E-state index is -0.171. The lowest BCUT2D eigenvalue weighted by Crippen LogP contribution is -2.28. The number of carbonyl (C=O) groups is 1. The second-order valence-corrected chi connectivity index (χ2v) is 7.35. The van der Waals surface area contributed by atoms with Gasteiger partial charge in [0.25, 0.3) is 5.91 Å². The zero-order chi connectivity index (χ0) is 20.2. The summed E-state index contributed by atoms with van der Waals surface area (Å²) in [4.78, 5) is 19.4. The van der Waals surface area contributed by atoms with Crippen LogP contribution in [-0.2, 0) is 0 Å². The number of allylic oxidation sites excluding steroid dienone is 1. The Kier molecular flexibility index (Phi) is 5.51. The van der Waals surface area contributed by atoms with Gasteiger partial charge in [-0.3, -0.25) is 4.79 Å². The Morgan fingerprint density at radius 3 is 2.72 bits per heavy atom. The van der Waals surface area contributed by atoms with Crippen molar-refractivity contribution in [3.63, 3.8) is 0 Å². The largest absolute Gasteiger partial charge is 0.371 e. The molecule has 1 unspecified atom stereocenters. The number of para-hydroxylation sites is 2. The van der Waals surface area contributed by atoms with E-state index in [0.717, 1.165) is 24.5 Å². The summed E-state index contributed by atoms with van der Waals surface area (Å²) in [5.74, 6) is 0.392. The third kappa shape index (κ3) is 3.97. The fourth-order valence-electron chi connectivity index (χ4n) is 3.94. The fourth-order valence-corrected chi connectivity index (χ4v) is 3.94. The molecule has 4 rings (SSSR count). The average molecular weight is 390 g/mol. The highest BCUT2D eigenvalue weighted by atomic mass is 16.1. The van der Waals surface area contributed by atoms with Crippen LogP contribution in [0.4, 0.5) is 17.1 Å². The van der Waals surface area contributed by atoms with Crippen molar-refractivity contribution in [1.82, 2.24) is 5.32 Å². The minimum Gasteiger partial charge on any atom is -0.371 e. The lowest BCUT2D eigenvalue weighted by molar-refractivity contribution is 0.0977. The van der Waals surface area contributed by atoms with Gasteiger partial charge >= 0.3 is 0 Å². The average Bonchev–Trinajstić information content (AvgIpc) is 3.41. The first-order valence-electron chi connectivity index (χ1n) is 10.1. The van der Waals surface area contributed by atoms with Gasteiger partial charge in [-0.15, -0.1) is 0 Å². The van der Waals surface area contributed by atoms with Crippen molar-refractivity contribution in [2.24, 2.45) is 4.99 Å². The summed E-state index contributed by atoms with van der Waals surface area (Å²) in [6.07, 6.45) is 5.88. The number of anilines is 3. The number of rotatable bonds is 4. The molecule has 6 nitrogen and oxygen atoms in total. The Hall–Kier alpha value is -3.28. The van der Waals surface area contributed by atoms with Crippen LogP contribution < -0.4 is 20.9 Å². The Balaban J connectivity index is 1.58. The van der Waals surface area contributed by atoms with Crippen LogP contribution in [-0.4, -0.2) is 24.8 Å². The molecule has 1 amide bonds. The standard InChI is InChI=1S/C23H27N5O/c1-3-13-24-16(2)25-23(29)18-10-8-11-19-21(18)27-22(26-19)17-9-4-5-12-20(17)28-14-6-7-15-28/h3-5,8-13,22,26-27H,6-7,14-15H2,1-2H3,(H,24,25,29)/b13-3-. The van der Waals surface area contributed by atoms with Crippen LogP contribution in [0.3, 0.4) is 0 Å². The van der Waals surface area contributed by atoms with Crippen LogP contribution in [0.15, 0.2) is 59.7 Å². The van der Waals surface area contributed by atoms with E-state index >= 15 is 0 Å². The zero-order valence-corrected chi connectivity index (χ0v) is 16.9. The maximum atomic E-state index is 12.8.